The summed E-state index contributed by atoms with van der Waals surface area (Å²) in [6.07, 6.45) is 2.83. The Morgan fingerprint density at radius 2 is 2.44 bits per heavy atom. The van der Waals surface area contributed by atoms with Crippen molar-refractivity contribution in [3.63, 3.8) is 0 Å². The summed E-state index contributed by atoms with van der Waals surface area (Å²) in [4.78, 5) is 12.0. The number of hydrogen-bond donors (Lipinski definition) is 1. The van der Waals surface area contributed by atoms with E-state index in [9.17, 15) is 9.90 Å². The third kappa shape index (κ3) is 2.97. The Balaban J connectivity index is 2.13. The van der Waals surface area contributed by atoms with Gasteiger partial charge < -0.3 is 14.6 Å². The fourth-order valence-electron chi connectivity index (χ4n) is 1.93. The van der Waals surface area contributed by atoms with Crippen LogP contribution in [0, 0.1) is 5.92 Å². The van der Waals surface area contributed by atoms with E-state index in [0.717, 1.165) is 17.9 Å². The smallest absolute Gasteiger partial charge is 0.340 e. The molecule has 98 valence electrons. The number of carboxylic acids is 1. The SMILES string of the molecule is CSc1cccc(OCC2CCOC2)c1C(=O)O. The van der Waals surface area contributed by atoms with Crippen LogP contribution in [0.2, 0.25) is 0 Å². The van der Waals surface area contributed by atoms with Gasteiger partial charge in [-0.15, -0.1) is 11.8 Å². The van der Waals surface area contributed by atoms with Crippen LogP contribution in [0.15, 0.2) is 23.1 Å². The van der Waals surface area contributed by atoms with Crippen LogP contribution in [0.3, 0.4) is 0 Å². The lowest BCUT2D eigenvalue weighted by Gasteiger charge is -2.14. The van der Waals surface area contributed by atoms with E-state index in [1.165, 1.54) is 11.8 Å². The first kappa shape index (κ1) is 13.2. The van der Waals surface area contributed by atoms with E-state index in [-0.39, 0.29) is 5.56 Å². The molecule has 0 saturated carbocycles. The summed E-state index contributed by atoms with van der Waals surface area (Å²) in [6.45, 7) is 1.98. The lowest BCUT2D eigenvalue weighted by molar-refractivity contribution is 0.0687. The molecule has 1 aromatic carbocycles. The van der Waals surface area contributed by atoms with Crippen molar-refractivity contribution >= 4 is 17.7 Å². The summed E-state index contributed by atoms with van der Waals surface area (Å²) < 4.78 is 10.9. The van der Waals surface area contributed by atoms with E-state index in [0.29, 0.717) is 24.9 Å². The number of hydrogen-bond acceptors (Lipinski definition) is 4. The quantitative estimate of drug-likeness (QED) is 0.832. The molecule has 1 aliphatic rings. The highest BCUT2D eigenvalue weighted by molar-refractivity contribution is 7.98. The first-order valence-electron chi connectivity index (χ1n) is 5.83. The first-order valence-corrected chi connectivity index (χ1v) is 7.05. The molecule has 1 fully saturated rings. The highest BCUT2D eigenvalue weighted by Crippen LogP contribution is 2.29. The van der Waals surface area contributed by atoms with Crippen LogP contribution in [0.25, 0.3) is 0 Å². The monoisotopic (exact) mass is 268 g/mol. The van der Waals surface area contributed by atoms with Gasteiger partial charge in [-0.05, 0) is 24.8 Å². The van der Waals surface area contributed by atoms with Crippen molar-refractivity contribution in [2.24, 2.45) is 5.92 Å². The van der Waals surface area contributed by atoms with Crippen molar-refractivity contribution in [3.05, 3.63) is 23.8 Å². The molecule has 5 heteroatoms. The second-order valence-corrected chi connectivity index (χ2v) is 5.03. The van der Waals surface area contributed by atoms with Crippen molar-refractivity contribution in [2.45, 2.75) is 11.3 Å². The third-order valence-electron chi connectivity index (χ3n) is 2.92. The molecule has 1 heterocycles. The average Bonchev–Trinajstić information content (AvgIpc) is 2.88. The Morgan fingerprint density at radius 1 is 1.61 bits per heavy atom. The highest BCUT2D eigenvalue weighted by atomic mass is 32.2. The molecular weight excluding hydrogens is 252 g/mol. The van der Waals surface area contributed by atoms with Gasteiger partial charge in [0.05, 0.1) is 13.2 Å². The maximum absolute atomic E-state index is 11.3. The fraction of sp³-hybridized carbons (Fsp3) is 0.462. The number of aromatic carboxylic acids is 1. The van der Waals surface area contributed by atoms with Gasteiger partial charge in [-0.1, -0.05) is 6.07 Å². The predicted molar refractivity (Wildman–Crippen MR) is 69.6 cm³/mol. The molecule has 0 radical (unpaired) electrons. The third-order valence-corrected chi connectivity index (χ3v) is 3.70. The second-order valence-electron chi connectivity index (χ2n) is 4.18. The van der Waals surface area contributed by atoms with Crippen LogP contribution in [-0.4, -0.2) is 37.2 Å². The zero-order valence-electron chi connectivity index (χ0n) is 10.2. The minimum absolute atomic E-state index is 0.254. The van der Waals surface area contributed by atoms with Crippen molar-refractivity contribution in [1.29, 1.82) is 0 Å². The van der Waals surface area contributed by atoms with E-state index < -0.39 is 5.97 Å². The lowest BCUT2D eigenvalue weighted by atomic mass is 10.1. The molecule has 1 unspecified atom stereocenters. The lowest BCUT2D eigenvalue weighted by Crippen LogP contribution is -2.13. The van der Waals surface area contributed by atoms with E-state index in [1.54, 1.807) is 12.1 Å². The summed E-state index contributed by atoms with van der Waals surface area (Å²) >= 11 is 1.41. The molecule has 18 heavy (non-hydrogen) atoms. The molecule has 1 saturated heterocycles. The second kappa shape index (κ2) is 6.11. The number of carbonyl (C=O) groups is 1. The van der Waals surface area contributed by atoms with E-state index in [4.69, 9.17) is 9.47 Å². The largest absolute Gasteiger partial charge is 0.492 e. The van der Waals surface area contributed by atoms with Crippen LogP contribution in [0.5, 0.6) is 5.75 Å². The number of rotatable bonds is 5. The zero-order chi connectivity index (χ0) is 13.0. The fourth-order valence-corrected chi connectivity index (χ4v) is 2.54. The molecule has 1 N–H and O–H groups in total. The molecule has 1 atom stereocenters. The molecule has 0 amide bonds. The number of ether oxygens (including phenoxy) is 2. The molecule has 0 spiro atoms. The Bertz CT molecular complexity index is 427. The van der Waals surface area contributed by atoms with Crippen LogP contribution >= 0.6 is 11.8 Å². The molecule has 1 aromatic rings. The van der Waals surface area contributed by atoms with Gasteiger partial charge in [0.1, 0.15) is 11.3 Å². The molecule has 0 bridgehead atoms. The normalized spacial score (nSPS) is 18.8. The van der Waals surface area contributed by atoms with E-state index in [1.807, 2.05) is 12.3 Å². The summed E-state index contributed by atoms with van der Waals surface area (Å²) in [5, 5.41) is 9.25. The van der Waals surface area contributed by atoms with Crippen LogP contribution < -0.4 is 4.74 Å². The molecular formula is C13H16O4S. The average molecular weight is 268 g/mol. The molecule has 0 aliphatic carbocycles. The minimum atomic E-state index is -0.947. The van der Waals surface area contributed by atoms with E-state index >= 15 is 0 Å². The maximum atomic E-state index is 11.3. The maximum Gasteiger partial charge on any atom is 0.340 e. The Morgan fingerprint density at radius 3 is 3.06 bits per heavy atom. The predicted octanol–water partition coefficient (Wildman–Crippen LogP) is 2.52. The van der Waals surface area contributed by atoms with Gasteiger partial charge >= 0.3 is 5.97 Å². The number of carboxylic acid groups (broad SMARTS) is 1. The zero-order valence-corrected chi connectivity index (χ0v) is 11.0. The van der Waals surface area contributed by atoms with Gasteiger partial charge in [-0.25, -0.2) is 4.79 Å². The number of thioether (sulfide) groups is 1. The summed E-state index contributed by atoms with van der Waals surface area (Å²) in [5.74, 6) is -0.136. The van der Waals surface area contributed by atoms with Crippen LogP contribution in [-0.2, 0) is 4.74 Å². The van der Waals surface area contributed by atoms with Crippen molar-refractivity contribution in [2.75, 3.05) is 26.1 Å². The van der Waals surface area contributed by atoms with Crippen molar-refractivity contribution < 1.29 is 19.4 Å². The first-order chi connectivity index (χ1) is 8.72. The summed E-state index contributed by atoms with van der Waals surface area (Å²) in [5.41, 5.74) is 0.254. The summed E-state index contributed by atoms with van der Waals surface area (Å²) in [6, 6.07) is 5.32. The van der Waals surface area contributed by atoms with Gasteiger partial charge in [0, 0.05) is 17.4 Å². The Labute approximate surface area is 110 Å². The van der Waals surface area contributed by atoms with Crippen LogP contribution in [0.1, 0.15) is 16.8 Å². The molecule has 0 aromatic heterocycles. The topological polar surface area (TPSA) is 55.8 Å². The molecule has 1 aliphatic heterocycles. The van der Waals surface area contributed by atoms with Gasteiger partial charge in [0.25, 0.3) is 0 Å². The van der Waals surface area contributed by atoms with Crippen molar-refractivity contribution in [3.8, 4) is 5.75 Å². The van der Waals surface area contributed by atoms with Gasteiger partial charge in [0.15, 0.2) is 0 Å². The molecule has 4 nitrogen and oxygen atoms in total. The van der Waals surface area contributed by atoms with Gasteiger partial charge in [0.2, 0.25) is 0 Å². The van der Waals surface area contributed by atoms with Gasteiger partial charge in [-0.2, -0.15) is 0 Å². The molecule has 2 rings (SSSR count). The van der Waals surface area contributed by atoms with Crippen molar-refractivity contribution in [1.82, 2.24) is 0 Å². The van der Waals surface area contributed by atoms with Crippen LogP contribution in [0.4, 0.5) is 0 Å². The Hall–Kier alpha value is -1.20. The number of benzene rings is 1. The minimum Gasteiger partial charge on any atom is -0.492 e. The summed E-state index contributed by atoms with van der Waals surface area (Å²) in [7, 11) is 0. The van der Waals surface area contributed by atoms with Gasteiger partial charge in [-0.3, -0.25) is 0 Å². The standard InChI is InChI=1S/C13H16O4S/c1-18-11-4-2-3-10(12(11)13(14)15)17-8-9-5-6-16-7-9/h2-4,9H,5-8H2,1H3,(H,14,15). The Kier molecular flexibility index (Phi) is 4.49. The highest BCUT2D eigenvalue weighted by Gasteiger charge is 2.20. The van der Waals surface area contributed by atoms with E-state index in [2.05, 4.69) is 0 Å².